The molecule has 4 nitrogen and oxygen atoms in total. The summed E-state index contributed by atoms with van der Waals surface area (Å²) in [5.74, 6) is 0.0360. The number of carbonyl (C=O) groups is 1. The van der Waals surface area contributed by atoms with E-state index < -0.39 is 0 Å². The topological polar surface area (TPSA) is 46.9 Å². The normalized spacial score (nSPS) is 12.0. The lowest BCUT2D eigenvalue weighted by Crippen LogP contribution is -2.10. The van der Waals surface area contributed by atoms with Gasteiger partial charge in [-0.15, -0.1) is 11.8 Å². The number of thioether (sulfide) groups is 1. The molecule has 0 saturated heterocycles. The van der Waals surface area contributed by atoms with Crippen molar-refractivity contribution in [3.63, 3.8) is 0 Å². The Kier molecular flexibility index (Phi) is 7.43. The number of hydrogen-bond acceptors (Lipinski definition) is 3. The van der Waals surface area contributed by atoms with Crippen molar-refractivity contribution in [3.8, 4) is 0 Å². The van der Waals surface area contributed by atoms with Crippen molar-refractivity contribution in [2.24, 2.45) is 0 Å². The van der Waals surface area contributed by atoms with Gasteiger partial charge in [-0.05, 0) is 48.4 Å². The predicted octanol–water partition coefficient (Wildman–Crippen LogP) is 6.46. The number of halogens is 2. The highest BCUT2D eigenvalue weighted by Crippen LogP contribution is 2.40. The van der Waals surface area contributed by atoms with Gasteiger partial charge in [0.2, 0.25) is 5.91 Å². The number of benzene rings is 2. The molecule has 1 amide bonds. The molecule has 28 heavy (non-hydrogen) atoms. The smallest absolute Gasteiger partial charge is 0.224 e. The van der Waals surface area contributed by atoms with E-state index in [1.165, 1.54) is 0 Å². The third kappa shape index (κ3) is 5.77. The minimum absolute atomic E-state index is 0.0360. The molecular formula is C21H21Cl2N3OS. The maximum atomic E-state index is 11.8. The number of nitrogens with one attached hydrogen (secondary N) is 1. The van der Waals surface area contributed by atoms with Gasteiger partial charge in [0.25, 0.3) is 0 Å². The SMILES string of the molecule is CCCC(=O)Nc1ccc(SC(Cn2ccnc2)c2ccc(Cl)cc2Cl)cc1. The van der Waals surface area contributed by atoms with Crippen LogP contribution in [-0.2, 0) is 11.3 Å². The van der Waals surface area contributed by atoms with Gasteiger partial charge in [-0.2, -0.15) is 0 Å². The molecule has 0 fully saturated rings. The van der Waals surface area contributed by atoms with Crippen LogP contribution in [0.3, 0.4) is 0 Å². The molecule has 0 saturated carbocycles. The Balaban J connectivity index is 1.78. The summed E-state index contributed by atoms with van der Waals surface area (Å²) in [6.45, 7) is 2.71. The zero-order valence-electron chi connectivity index (χ0n) is 15.4. The van der Waals surface area contributed by atoms with Crippen molar-refractivity contribution in [1.82, 2.24) is 9.55 Å². The summed E-state index contributed by atoms with van der Waals surface area (Å²) < 4.78 is 2.03. The minimum Gasteiger partial charge on any atom is -0.336 e. The molecule has 3 rings (SSSR count). The van der Waals surface area contributed by atoms with Crippen LogP contribution in [0.2, 0.25) is 10.0 Å². The molecule has 7 heteroatoms. The summed E-state index contributed by atoms with van der Waals surface area (Å²) >= 11 is 14.2. The molecule has 1 atom stereocenters. The van der Waals surface area contributed by atoms with Gasteiger partial charge in [0.1, 0.15) is 0 Å². The third-order valence-corrected chi connectivity index (χ3v) is 5.93. The molecule has 146 valence electrons. The molecule has 1 heterocycles. The van der Waals surface area contributed by atoms with E-state index in [1.807, 2.05) is 54.1 Å². The molecule has 1 aromatic heterocycles. The Labute approximate surface area is 179 Å². The number of nitrogens with zero attached hydrogens (tertiary/aromatic N) is 2. The standard InChI is InChI=1S/C21H21Cl2N3OS/c1-2-3-21(27)25-16-5-7-17(8-6-16)28-20(13-26-11-10-24-14-26)18-9-4-15(22)12-19(18)23/h4-12,14,20H,2-3,13H2,1H3,(H,25,27). The monoisotopic (exact) mass is 433 g/mol. The second kappa shape index (κ2) is 10.0. The molecule has 0 aliphatic rings. The summed E-state index contributed by atoms with van der Waals surface area (Å²) in [6, 6.07) is 13.5. The van der Waals surface area contributed by atoms with Gasteiger partial charge in [0, 0.05) is 46.0 Å². The fraction of sp³-hybridized carbons (Fsp3) is 0.238. The maximum Gasteiger partial charge on any atom is 0.224 e. The minimum atomic E-state index is 0.0360. The van der Waals surface area contributed by atoms with Crippen LogP contribution in [0.1, 0.15) is 30.6 Å². The second-order valence-corrected chi connectivity index (χ2v) is 8.47. The number of aromatic nitrogens is 2. The molecule has 0 spiro atoms. The quantitative estimate of drug-likeness (QED) is 0.414. The molecule has 1 N–H and O–H groups in total. The molecule has 3 aromatic rings. The van der Waals surface area contributed by atoms with Crippen LogP contribution >= 0.6 is 35.0 Å². The van der Waals surface area contributed by atoms with Crippen LogP contribution in [-0.4, -0.2) is 15.5 Å². The summed E-state index contributed by atoms with van der Waals surface area (Å²) in [6.07, 6.45) is 6.85. The van der Waals surface area contributed by atoms with Crippen LogP contribution in [0.25, 0.3) is 0 Å². The molecule has 0 bridgehead atoms. The van der Waals surface area contributed by atoms with Crippen LogP contribution in [0, 0.1) is 0 Å². The fourth-order valence-corrected chi connectivity index (χ4v) is 4.59. The highest BCUT2D eigenvalue weighted by atomic mass is 35.5. The van der Waals surface area contributed by atoms with E-state index in [9.17, 15) is 4.79 Å². The van der Waals surface area contributed by atoms with Crippen molar-refractivity contribution < 1.29 is 4.79 Å². The van der Waals surface area contributed by atoms with Crippen molar-refractivity contribution in [2.75, 3.05) is 5.32 Å². The number of anilines is 1. The molecular weight excluding hydrogens is 413 g/mol. The van der Waals surface area contributed by atoms with E-state index in [0.29, 0.717) is 16.5 Å². The highest BCUT2D eigenvalue weighted by molar-refractivity contribution is 7.99. The van der Waals surface area contributed by atoms with Gasteiger partial charge in [0.15, 0.2) is 0 Å². The van der Waals surface area contributed by atoms with Crippen molar-refractivity contribution in [1.29, 1.82) is 0 Å². The van der Waals surface area contributed by atoms with E-state index in [2.05, 4.69) is 10.3 Å². The van der Waals surface area contributed by atoms with Crippen molar-refractivity contribution in [2.45, 2.75) is 36.5 Å². The maximum absolute atomic E-state index is 11.8. The van der Waals surface area contributed by atoms with E-state index in [-0.39, 0.29) is 11.2 Å². The molecule has 2 aromatic carbocycles. The average molecular weight is 434 g/mol. The van der Waals surface area contributed by atoms with Gasteiger partial charge in [-0.1, -0.05) is 36.2 Å². The van der Waals surface area contributed by atoms with E-state index >= 15 is 0 Å². The molecule has 0 aliphatic heterocycles. The predicted molar refractivity (Wildman–Crippen MR) is 117 cm³/mol. The van der Waals surface area contributed by atoms with E-state index in [0.717, 1.165) is 29.1 Å². The first-order valence-corrected chi connectivity index (χ1v) is 10.7. The van der Waals surface area contributed by atoms with E-state index in [1.54, 1.807) is 30.4 Å². The summed E-state index contributed by atoms with van der Waals surface area (Å²) in [5, 5.41) is 4.26. The zero-order chi connectivity index (χ0) is 19.9. The Hall–Kier alpha value is -1.95. The lowest BCUT2D eigenvalue weighted by Gasteiger charge is -2.19. The Morgan fingerprint density at radius 3 is 2.64 bits per heavy atom. The molecule has 0 radical (unpaired) electrons. The zero-order valence-corrected chi connectivity index (χ0v) is 17.8. The first-order valence-electron chi connectivity index (χ1n) is 9.02. The van der Waals surface area contributed by atoms with E-state index in [4.69, 9.17) is 23.2 Å². The van der Waals surface area contributed by atoms with Crippen molar-refractivity contribution >= 4 is 46.6 Å². The second-order valence-electron chi connectivity index (χ2n) is 6.35. The number of carbonyl (C=O) groups excluding carboxylic acids is 1. The first-order chi connectivity index (χ1) is 13.5. The van der Waals surface area contributed by atoms with Gasteiger partial charge >= 0.3 is 0 Å². The number of imidazole rings is 1. The third-order valence-electron chi connectivity index (χ3n) is 4.14. The van der Waals surface area contributed by atoms with Gasteiger partial charge in [0.05, 0.1) is 11.6 Å². The Bertz CT molecular complexity index is 914. The largest absolute Gasteiger partial charge is 0.336 e. The summed E-state index contributed by atoms with van der Waals surface area (Å²) in [5.41, 5.74) is 1.82. The average Bonchev–Trinajstić information content (AvgIpc) is 3.16. The van der Waals surface area contributed by atoms with Crippen LogP contribution in [0.5, 0.6) is 0 Å². The van der Waals surface area contributed by atoms with Crippen LogP contribution in [0.15, 0.2) is 66.1 Å². The number of hydrogen-bond donors (Lipinski definition) is 1. The Morgan fingerprint density at radius 2 is 2.00 bits per heavy atom. The lowest BCUT2D eigenvalue weighted by molar-refractivity contribution is -0.116. The fourth-order valence-electron chi connectivity index (χ4n) is 2.78. The first kappa shape index (κ1) is 20.8. The summed E-state index contributed by atoms with van der Waals surface area (Å²) in [7, 11) is 0. The van der Waals surface area contributed by atoms with Gasteiger partial charge in [-0.25, -0.2) is 4.98 Å². The molecule has 0 aliphatic carbocycles. The summed E-state index contributed by atoms with van der Waals surface area (Å²) in [4.78, 5) is 17.0. The van der Waals surface area contributed by atoms with Crippen LogP contribution < -0.4 is 5.32 Å². The van der Waals surface area contributed by atoms with Crippen LogP contribution in [0.4, 0.5) is 5.69 Å². The number of amides is 1. The van der Waals surface area contributed by atoms with Gasteiger partial charge in [-0.3, -0.25) is 4.79 Å². The van der Waals surface area contributed by atoms with Crippen molar-refractivity contribution in [3.05, 3.63) is 76.8 Å². The van der Waals surface area contributed by atoms with Gasteiger partial charge < -0.3 is 9.88 Å². The Morgan fingerprint density at radius 1 is 1.21 bits per heavy atom. The highest BCUT2D eigenvalue weighted by Gasteiger charge is 2.18. The molecule has 1 unspecified atom stereocenters. The lowest BCUT2D eigenvalue weighted by atomic mass is 10.1. The number of rotatable bonds is 8.